The van der Waals surface area contributed by atoms with Crippen LogP contribution in [0.1, 0.15) is 35.7 Å². The zero-order chi connectivity index (χ0) is 18.6. The summed E-state index contributed by atoms with van der Waals surface area (Å²) in [5.74, 6) is -0.397. The fraction of sp³-hybridized carbons (Fsp3) is 0.350. The van der Waals surface area contributed by atoms with E-state index in [0.717, 1.165) is 19.4 Å². The van der Waals surface area contributed by atoms with Gasteiger partial charge in [-0.05, 0) is 50.1 Å². The molecule has 2 unspecified atom stereocenters. The highest BCUT2D eigenvalue weighted by Crippen LogP contribution is 2.19. The Kier molecular flexibility index (Phi) is 7.41. The van der Waals surface area contributed by atoms with Gasteiger partial charge < -0.3 is 10.6 Å². The van der Waals surface area contributed by atoms with Crippen molar-refractivity contribution in [3.05, 3.63) is 65.7 Å². The molecule has 1 heterocycles. The van der Waals surface area contributed by atoms with Crippen LogP contribution in [0.3, 0.4) is 0 Å². The average Bonchev–Trinajstić information content (AvgIpc) is 2.62. The summed E-state index contributed by atoms with van der Waals surface area (Å²) in [4.78, 5) is 13.0. The summed E-state index contributed by atoms with van der Waals surface area (Å²) in [6.45, 7) is 2.97. The van der Waals surface area contributed by atoms with Gasteiger partial charge in [-0.1, -0.05) is 36.4 Å². The molecule has 0 saturated carbocycles. The first-order valence-electron chi connectivity index (χ1n) is 8.85. The van der Waals surface area contributed by atoms with Crippen molar-refractivity contribution in [3.63, 3.8) is 0 Å². The van der Waals surface area contributed by atoms with Gasteiger partial charge in [-0.3, -0.25) is 4.79 Å². The van der Waals surface area contributed by atoms with Gasteiger partial charge in [-0.2, -0.15) is 0 Å². The SMILES string of the molecule is CC1CC(NC(=O)c2ccccc2CS(=O)(=O)c2ccccc2)CCN1.Cl. The molecular formula is C20H25ClN2O3S. The van der Waals surface area contributed by atoms with Crippen molar-refractivity contribution < 1.29 is 13.2 Å². The molecule has 7 heteroatoms. The minimum absolute atomic E-state index is 0. The van der Waals surface area contributed by atoms with Crippen molar-refractivity contribution in [2.24, 2.45) is 0 Å². The van der Waals surface area contributed by atoms with Gasteiger partial charge in [0, 0.05) is 17.6 Å². The van der Waals surface area contributed by atoms with Crippen molar-refractivity contribution in [1.29, 1.82) is 0 Å². The van der Waals surface area contributed by atoms with Gasteiger partial charge in [0.1, 0.15) is 0 Å². The number of piperidine rings is 1. The van der Waals surface area contributed by atoms with E-state index in [1.165, 1.54) is 0 Å². The van der Waals surface area contributed by atoms with Gasteiger partial charge in [-0.15, -0.1) is 12.4 Å². The Morgan fingerprint density at radius 1 is 1.11 bits per heavy atom. The molecule has 1 saturated heterocycles. The molecule has 0 bridgehead atoms. The average molecular weight is 409 g/mol. The second kappa shape index (κ2) is 9.35. The van der Waals surface area contributed by atoms with E-state index >= 15 is 0 Å². The maximum atomic E-state index is 12.7. The molecule has 2 N–H and O–H groups in total. The molecule has 0 spiro atoms. The predicted molar refractivity (Wildman–Crippen MR) is 109 cm³/mol. The number of halogens is 1. The van der Waals surface area contributed by atoms with Gasteiger partial charge in [0.05, 0.1) is 10.6 Å². The van der Waals surface area contributed by atoms with E-state index in [4.69, 9.17) is 0 Å². The third kappa shape index (κ3) is 5.54. The first kappa shape index (κ1) is 21.4. The number of rotatable bonds is 5. The second-order valence-electron chi connectivity index (χ2n) is 6.78. The van der Waals surface area contributed by atoms with Gasteiger partial charge in [-0.25, -0.2) is 8.42 Å². The highest BCUT2D eigenvalue weighted by atomic mass is 35.5. The Morgan fingerprint density at radius 2 is 1.78 bits per heavy atom. The summed E-state index contributed by atoms with van der Waals surface area (Å²) in [7, 11) is -3.50. The minimum Gasteiger partial charge on any atom is -0.349 e. The zero-order valence-corrected chi connectivity index (χ0v) is 16.9. The van der Waals surface area contributed by atoms with Crippen LogP contribution in [0, 0.1) is 0 Å². The van der Waals surface area contributed by atoms with Gasteiger partial charge >= 0.3 is 0 Å². The molecule has 3 rings (SSSR count). The van der Waals surface area contributed by atoms with Gasteiger partial charge in [0.15, 0.2) is 9.84 Å². The number of hydrogen-bond donors (Lipinski definition) is 2. The monoisotopic (exact) mass is 408 g/mol. The maximum Gasteiger partial charge on any atom is 0.251 e. The molecule has 1 amide bonds. The van der Waals surface area contributed by atoms with E-state index in [9.17, 15) is 13.2 Å². The van der Waals surface area contributed by atoms with E-state index in [-0.39, 0.29) is 35.0 Å². The standard InChI is InChI=1S/C20H24N2O3S.ClH/c1-15-13-17(11-12-21-15)22-20(23)19-10-6-5-7-16(19)14-26(24,25)18-8-3-2-4-9-18;/h2-10,15,17,21H,11-14H2,1H3,(H,22,23);1H. The van der Waals surface area contributed by atoms with Crippen LogP contribution in [-0.4, -0.2) is 33.0 Å². The first-order valence-corrected chi connectivity index (χ1v) is 10.5. The molecule has 5 nitrogen and oxygen atoms in total. The second-order valence-corrected chi connectivity index (χ2v) is 8.77. The van der Waals surface area contributed by atoms with Crippen molar-refractivity contribution in [3.8, 4) is 0 Å². The molecule has 0 aromatic heterocycles. The fourth-order valence-electron chi connectivity index (χ4n) is 3.31. The number of sulfone groups is 1. The third-order valence-electron chi connectivity index (χ3n) is 4.67. The molecular weight excluding hydrogens is 384 g/mol. The number of amides is 1. The fourth-order valence-corrected chi connectivity index (χ4v) is 4.71. The van der Waals surface area contributed by atoms with E-state index in [0.29, 0.717) is 17.2 Å². The lowest BCUT2D eigenvalue weighted by Crippen LogP contribution is -2.46. The number of benzene rings is 2. The van der Waals surface area contributed by atoms with Crippen molar-refractivity contribution in [1.82, 2.24) is 10.6 Å². The Balaban J connectivity index is 0.00000261. The Labute approximate surface area is 166 Å². The summed E-state index contributed by atoms with van der Waals surface area (Å²) < 4.78 is 25.3. The number of nitrogens with one attached hydrogen (secondary N) is 2. The van der Waals surface area contributed by atoms with E-state index in [1.807, 2.05) is 0 Å². The van der Waals surface area contributed by atoms with Crippen LogP contribution in [0.25, 0.3) is 0 Å². The van der Waals surface area contributed by atoms with Gasteiger partial charge in [0.2, 0.25) is 0 Å². The van der Waals surface area contributed by atoms with Crippen LogP contribution in [0.5, 0.6) is 0 Å². The lowest BCUT2D eigenvalue weighted by Gasteiger charge is -2.28. The first-order chi connectivity index (χ1) is 12.5. The largest absolute Gasteiger partial charge is 0.349 e. The van der Waals surface area contributed by atoms with Crippen molar-refractivity contribution >= 4 is 28.2 Å². The summed E-state index contributed by atoms with van der Waals surface area (Å²) >= 11 is 0. The van der Waals surface area contributed by atoms with Crippen LogP contribution >= 0.6 is 12.4 Å². The van der Waals surface area contributed by atoms with Crippen LogP contribution < -0.4 is 10.6 Å². The molecule has 27 heavy (non-hydrogen) atoms. The third-order valence-corrected chi connectivity index (χ3v) is 6.35. The summed E-state index contributed by atoms with van der Waals surface area (Å²) in [6, 6.07) is 15.7. The van der Waals surface area contributed by atoms with E-state index < -0.39 is 9.84 Å². The smallest absolute Gasteiger partial charge is 0.251 e. The molecule has 0 radical (unpaired) electrons. The number of carbonyl (C=O) groups excluding carboxylic acids is 1. The molecule has 146 valence electrons. The number of carbonyl (C=O) groups is 1. The molecule has 2 atom stereocenters. The van der Waals surface area contributed by atoms with Crippen molar-refractivity contribution in [2.75, 3.05) is 6.54 Å². The lowest BCUT2D eigenvalue weighted by molar-refractivity contribution is 0.0925. The Morgan fingerprint density at radius 3 is 2.48 bits per heavy atom. The van der Waals surface area contributed by atoms with Crippen molar-refractivity contribution in [2.45, 2.75) is 42.5 Å². The highest BCUT2D eigenvalue weighted by Gasteiger charge is 2.23. The molecule has 1 aliphatic rings. The maximum absolute atomic E-state index is 12.7. The van der Waals surface area contributed by atoms with Crippen LogP contribution in [0.2, 0.25) is 0 Å². The minimum atomic E-state index is -3.50. The van der Waals surface area contributed by atoms with Crippen LogP contribution in [0.15, 0.2) is 59.5 Å². The molecule has 1 aliphatic heterocycles. The van der Waals surface area contributed by atoms with Gasteiger partial charge in [0.25, 0.3) is 5.91 Å². The quantitative estimate of drug-likeness (QED) is 0.797. The molecule has 0 aliphatic carbocycles. The predicted octanol–water partition coefficient (Wildman–Crippen LogP) is 2.95. The Hall–Kier alpha value is -1.89. The lowest BCUT2D eigenvalue weighted by atomic mass is 9.99. The topological polar surface area (TPSA) is 75.3 Å². The molecule has 1 fully saturated rings. The van der Waals surface area contributed by atoms with Crippen LogP contribution in [-0.2, 0) is 15.6 Å². The summed E-state index contributed by atoms with van der Waals surface area (Å²) in [6.07, 6.45) is 1.75. The van der Waals surface area contributed by atoms with E-state index in [2.05, 4.69) is 17.6 Å². The zero-order valence-electron chi connectivity index (χ0n) is 15.2. The normalized spacial score (nSPS) is 19.7. The summed E-state index contributed by atoms with van der Waals surface area (Å²) in [5.41, 5.74) is 0.953. The van der Waals surface area contributed by atoms with Crippen LogP contribution in [0.4, 0.5) is 0 Å². The Bertz CT molecular complexity index is 872. The molecule has 2 aromatic carbocycles. The molecule has 2 aromatic rings. The summed E-state index contributed by atoms with van der Waals surface area (Å²) in [5, 5.41) is 6.41. The van der Waals surface area contributed by atoms with E-state index in [1.54, 1.807) is 54.6 Å². The number of hydrogen-bond acceptors (Lipinski definition) is 4. The highest BCUT2D eigenvalue weighted by molar-refractivity contribution is 7.90.